The number of nitrogens with one attached hydrogen (secondary N) is 2. The summed E-state index contributed by atoms with van der Waals surface area (Å²) in [5.41, 5.74) is 0.905. The summed E-state index contributed by atoms with van der Waals surface area (Å²) in [7, 11) is 0. The molecule has 1 atom stereocenters. The van der Waals surface area contributed by atoms with Crippen molar-refractivity contribution in [3.8, 4) is 0 Å². The van der Waals surface area contributed by atoms with E-state index in [1.165, 1.54) is 5.39 Å². The summed E-state index contributed by atoms with van der Waals surface area (Å²) in [4.78, 5) is 9.21. The Morgan fingerprint density at radius 1 is 1.28 bits per heavy atom. The molecule has 3 rings (SSSR count). The molecule has 2 N–H and O–H groups in total. The van der Waals surface area contributed by atoms with Gasteiger partial charge in [0.15, 0.2) is 5.96 Å². The van der Waals surface area contributed by atoms with Crippen molar-refractivity contribution in [1.29, 1.82) is 0 Å². The molecule has 2 aromatic rings. The molecule has 6 heteroatoms. The second-order valence-electron chi connectivity index (χ2n) is 6.43. The number of aliphatic imine (C=N–C) groups is 1. The first kappa shape index (κ1) is 19.9. The standard InChI is InChI=1S/C19H26N4O.HI/c1-3-20-18(23-14-19(2)10-6-12-24-19)22-13-17-16-8-5-4-7-15(16)9-11-21-17;/h4-5,7-9,11H,3,6,10,12-14H2,1-2H3,(H2,20,22,23);1H. The third kappa shape index (κ3) is 5.28. The van der Waals surface area contributed by atoms with E-state index in [9.17, 15) is 0 Å². The van der Waals surface area contributed by atoms with Gasteiger partial charge >= 0.3 is 0 Å². The molecule has 0 saturated carbocycles. The van der Waals surface area contributed by atoms with E-state index in [0.29, 0.717) is 6.54 Å². The van der Waals surface area contributed by atoms with Crippen molar-refractivity contribution in [1.82, 2.24) is 15.6 Å². The molecule has 1 fully saturated rings. The number of pyridine rings is 1. The third-order valence-electron chi connectivity index (χ3n) is 4.42. The van der Waals surface area contributed by atoms with Crippen LogP contribution in [0.25, 0.3) is 10.8 Å². The second-order valence-corrected chi connectivity index (χ2v) is 6.43. The Hall–Kier alpha value is -1.41. The predicted molar refractivity (Wildman–Crippen MR) is 114 cm³/mol. The first-order chi connectivity index (χ1) is 11.7. The summed E-state index contributed by atoms with van der Waals surface area (Å²) in [6.07, 6.45) is 4.07. The maximum absolute atomic E-state index is 5.83. The molecule has 1 unspecified atom stereocenters. The number of fused-ring (bicyclic) bond motifs is 1. The number of guanidine groups is 1. The summed E-state index contributed by atoms with van der Waals surface area (Å²) < 4.78 is 5.83. The van der Waals surface area contributed by atoms with Gasteiger partial charge in [-0.1, -0.05) is 24.3 Å². The second kappa shape index (κ2) is 9.33. The molecule has 0 aliphatic carbocycles. The molecule has 1 aliphatic heterocycles. The van der Waals surface area contributed by atoms with Crippen LogP contribution in [0.4, 0.5) is 0 Å². The number of benzene rings is 1. The summed E-state index contributed by atoms with van der Waals surface area (Å²) in [5.74, 6) is 0.809. The zero-order chi connectivity index (χ0) is 16.8. The van der Waals surface area contributed by atoms with Crippen molar-refractivity contribution >= 4 is 40.7 Å². The normalized spacial score (nSPS) is 20.3. The van der Waals surface area contributed by atoms with E-state index in [4.69, 9.17) is 9.73 Å². The van der Waals surface area contributed by atoms with Gasteiger partial charge in [-0.3, -0.25) is 4.98 Å². The molecule has 25 heavy (non-hydrogen) atoms. The molecule has 2 heterocycles. The maximum Gasteiger partial charge on any atom is 0.191 e. The van der Waals surface area contributed by atoms with E-state index in [1.807, 2.05) is 24.4 Å². The smallest absolute Gasteiger partial charge is 0.191 e. The average Bonchev–Trinajstić information content (AvgIpc) is 3.04. The minimum absolute atomic E-state index is 0. The minimum atomic E-state index is -0.0894. The topological polar surface area (TPSA) is 58.5 Å². The molecule has 0 spiro atoms. The quantitative estimate of drug-likeness (QED) is 0.413. The van der Waals surface area contributed by atoms with Crippen LogP contribution in [0.2, 0.25) is 0 Å². The van der Waals surface area contributed by atoms with E-state index >= 15 is 0 Å². The number of halogens is 1. The highest BCUT2D eigenvalue weighted by molar-refractivity contribution is 14.0. The van der Waals surface area contributed by atoms with Crippen LogP contribution >= 0.6 is 24.0 Å². The lowest BCUT2D eigenvalue weighted by Gasteiger charge is -2.24. The first-order valence-electron chi connectivity index (χ1n) is 8.69. The zero-order valence-electron chi connectivity index (χ0n) is 14.9. The summed E-state index contributed by atoms with van der Waals surface area (Å²) >= 11 is 0. The molecular weight excluding hydrogens is 427 g/mol. The van der Waals surface area contributed by atoms with Crippen LogP contribution in [-0.4, -0.2) is 36.2 Å². The monoisotopic (exact) mass is 454 g/mol. The summed E-state index contributed by atoms with van der Waals surface area (Å²) in [6, 6.07) is 10.3. The molecule has 0 amide bonds. The number of rotatable bonds is 5. The van der Waals surface area contributed by atoms with Gasteiger partial charge in [0.1, 0.15) is 0 Å². The van der Waals surface area contributed by atoms with Crippen LogP contribution in [0.5, 0.6) is 0 Å². The fraction of sp³-hybridized carbons (Fsp3) is 0.474. The number of aromatic nitrogens is 1. The van der Waals surface area contributed by atoms with Crippen LogP contribution in [-0.2, 0) is 11.3 Å². The van der Waals surface area contributed by atoms with Crippen LogP contribution in [0.3, 0.4) is 0 Å². The van der Waals surface area contributed by atoms with Crippen LogP contribution in [0.15, 0.2) is 41.5 Å². The molecule has 1 aromatic heterocycles. The fourth-order valence-electron chi connectivity index (χ4n) is 3.05. The van der Waals surface area contributed by atoms with Crippen LogP contribution in [0.1, 0.15) is 32.4 Å². The van der Waals surface area contributed by atoms with Gasteiger partial charge in [0, 0.05) is 31.3 Å². The highest BCUT2D eigenvalue weighted by atomic mass is 127. The summed E-state index contributed by atoms with van der Waals surface area (Å²) in [6.45, 7) is 7.22. The average molecular weight is 454 g/mol. The van der Waals surface area contributed by atoms with Gasteiger partial charge in [-0.15, -0.1) is 24.0 Å². The molecule has 1 aliphatic rings. The molecular formula is C19H27IN4O. The molecule has 0 bridgehead atoms. The Balaban J connectivity index is 0.00000225. The Morgan fingerprint density at radius 3 is 2.88 bits per heavy atom. The van der Waals surface area contributed by atoms with E-state index in [-0.39, 0.29) is 29.6 Å². The van der Waals surface area contributed by atoms with Gasteiger partial charge < -0.3 is 15.4 Å². The lowest BCUT2D eigenvalue weighted by molar-refractivity contribution is 0.0243. The van der Waals surface area contributed by atoms with Crippen molar-refractivity contribution in [2.75, 3.05) is 19.7 Å². The largest absolute Gasteiger partial charge is 0.373 e. The SMILES string of the molecule is CCNC(=NCc1nccc2ccccc12)NCC1(C)CCCO1.I. The van der Waals surface area contributed by atoms with Gasteiger partial charge in [-0.05, 0) is 38.1 Å². The number of ether oxygens (including phenoxy) is 1. The highest BCUT2D eigenvalue weighted by Gasteiger charge is 2.29. The van der Waals surface area contributed by atoms with E-state index in [1.54, 1.807) is 0 Å². The fourth-order valence-corrected chi connectivity index (χ4v) is 3.05. The summed E-state index contributed by atoms with van der Waals surface area (Å²) in [5, 5.41) is 9.06. The predicted octanol–water partition coefficient (Wildman–Crippen LogP) is 3.48. The van der Waals surface area contributed by atoms with Crippen molar-refractivity contribution in [2.45, 2.75) is 38.8 Å². The molecule has 1 aromatic carbocycles. The van der Waals surface area contributed by atoms with Gasteiger partial charge in [-0.25, -0.2) is 4.99 Å². The van der Waals surface area contributed by atoms with E-state index in [0.717, 1.165) is 49.6 Å². The van der Waals surface area contributed by atoms with Gasteiger partial charge in [-0.2, -0.15) is 0 Å². The van der Waals surface area contributed by atoms with Gasteiger partial charge in [0.2, 0.25) is 0 Å². The lowest BCUT2D eigenvalue weighted by atomic mass is 10.0. The maximum atomic E-state index is 5.83. The lowest BCUT2D eigenvalue weighted by Crippen LogP contribution is -2.45. The molecule has 1 saturated heterocycles. The minimum Gasteiger partial charge on any atom is -0.373 e. The van der Waals surface area contributed by atoms with Crippen molar-refractivity contribution in [3.05, 3.63) is 42.2 Å². The van der Waals surface area contributed by atoms with E-state index < -0.39 is 0 Å². The van der Waals surface area contributed by atoms with E-state index in [2.05, 4.69) is 41.6 Å². The van der Waals surface area contributed by atoms with Gasteiger partial charge in [0.05, 0.1) is 17.8 Å². The third-order valence-corrected chi connectivity index (χ3v) is 4.42. The number of hydrogen-bond donors (Lipinski definition) is 2. The zero-order valence-corrected chi connectivity index (χ0v) is 17.2. The highest BCUT2D eigenvalue weighted by Crippen LogP contribution is 2.23. The molecule has 0 radical (unpaired) electrons. The van der Waals surface area contributed by atoms with Crippen LogP contribution in [0, 0.1) is 0 Å². The van der Waals surface area contributed by atoms with Crippen molar-refractivity contribution in [3.63, 3.8) is 0 Å². The molecule has 5 nitrogen and oxygen atoms in total. The Kier molecular flexibility index (Phi) is 7.43. The Morgan fingerprint density at radius 2 is 2.12 bits per heavy atom. The van der Waals surface area contributed by atoms with Crippen LogP contribution < -0.4 is 10.6 Å². The Labute approximate surface area is 166 Å². The number of hydrogen-bond acceptors (Lipinski definition) is 3. The Bertz CT molecular complexity index is 708. The van der Waals surface area contributed by atoms with Gasteiger partial charge in [0.25, 0.3) is 0 Å². The number of nitrogens with zero attached hydrogens (tertiary/aromatic N) is 2. The van der Waals surface area contributed by atoms with Crippen molar-refractivity contribution in [2.24, 2.45) is 4.99 Å². The molecule has 136 valence electrons. The first-order valence-corrected chi connectivity index (χ1v) is 8.69. The van der Waals surface area contributed by atoms with Crippen molar-refractivity contribution < 1.29 is 4.74 Å².